The van der Waals surface area contributed by atoms with Gasteiger partial charge in [-0.05, 0) is 38.1 Å². The van der Waals surface area contributed by atoms with Gasteiger partial charge in [-0.1, -0.05) is 19.0 Å². The number of piperazine rings is 1. The molecule has 29 heavy (non-hydrogen) atoms. The molecule has 0 saturated carbocycles. The van der Waals surface area contributed by atoms with E-state index in [4.69, 9.17) is 9.26 Å². The average molecular weight is 405 g/mol. The first-order chi connectivity index (χ1) is 14.1. The third kappa shape index (κ3) is 4.27. The van der Waals surface area contributed by atoms with E-state index in [1.54, 1.807) is 4.90 Å². The fraction of sp³-hybridized carbons (Fsp3) is 0.762. The normalized spacial score (nSPS) is 26.0. The van der Waals surface area contributed by atoms with E-state index in [-0.39, 0.29) is 17.9 Å². The SMILES string of the molecule is CC(C)C(C=O)c1cc(N2CCN(C(=O)OCC3CCC4CCCN43)CC2)no1. The summed E-state index contributed by atoms with van der Waals surface area (Å²) >= 11 is 0. The Hall–Kier alpha value is -2.09. The van der Waals surface area contributed by atoms with Crippen molar-refractivity contribution in [2.24, 2.45) is 5.92 Å². The zero-order valence-corrected chi connectivity index (χ0v) is 17.5. The van der Waals surface area contributed by atoms with Crippen LogP contribution in [0.3, 0.4) is 0 Å². The number of hydrogen-bond acceptors (Lipinski definition) is 7. The third-order valence-corrected chi connectivity index (χ3v) is 6.70. The second-order valence-corrected chi connectivity index (χ2v) is 8.81. The van der Waals surface area contributed by atoms with Gasteiger partial charge in [0.2, 0.25) is 0 Å². The molecule has 3 atom stereocenters. The Bertz CT molecular complexity index is 713. The van der Waals surface area contributed by atoms with Crippen LogP contribution in [0.25, 0.3) is 0 Å². The van der Waals surface area contributed by atoms with E-state index in [2.05, 4.69) is 15.0 Å². The van der Waals surface area contributed by atoms with E-state index in [0.717, 1.165) is 25.1 Å². The van der Waals surface area contributed by atoms with Crippen molar-refractivity contribution in [2.45, 2.75) is 57.5 Å². The summed E-state index contributed by atoms with van der Waals surface area (Å²) < 4.78 is 11.0. The van der Waals surface area contributed by atoms with Crippen molar-refractivity contribution in [1.82, 2.24) is 15.0 Å². The molecule has 0 aromatic carbocycles. The number of aromatic nitrogens is 1. The first-order valence-corrected chi connectivity index (χ1v) is 10.9. The molecule has 3 aliphatic heterocycles. The van der Waals surface area contributed by atoms with Gasteiger partial charge in [0.15, 0.2) is 5.82 Å². The molecule has 0 N–H and O–H groups in total. The van der Waals surface area contributed by atoms with Gasteiger partial charge < -0.3 is 23.9 Å². The lowest BCUT2D eigenvalue weighted by atomic mass is 9.95. The highest BCUT2D eigenvalue weighted by Crippen LogP contribution is 2.32. The molecule has 3 unspecified atom stereocenters. The average Bonchev–Trinajstić information content (AvgIpc) is 3.44. The highest BCUT2D eigenvalue weighted by Gasteiger charge is 2.37. The highest BCUT2D eigenvalue weighted by molar-refractivity contribution is 5.68. The van der Waals surface area contributed by atoms with Crippen LogP contribution >= 0.6 is 0 Å². The first-order valence-electron chi connectivity index (χ1n) is 10.9. The van der Waals surface area contributed by atoms with E-state index in [1.165, 1.54) is 19.3 Å². The number of amides is 1. The number of anilines is 1. The molecule has 8 heteroatoms. The number of ether oxygens (including phenoxy) is 1. The van der Waals surface area contributed by atoms with Crippen LogP contribution in [0.5, 0.6) is 0 Å². The van der Waals surface area contributed by atoms with Gasteiger partial charge in [-0.3, -0.25) is 4.90 Å². The lowest BCUT2D eigenvalue weighted by Gasteiger charge is -2.34. The third-order valence-electron chi connectivity index (χ3n) is 6.70. The van der Waals surface area contributed by atoms with Crippen molar-refractivity contribution in [1.29, 1.82) is 0 Å². The van der Waals surface area contributed by atoms with Gasteiger partial charge in [-0.2, -0.15) is 0 Å². The van der Waals surface area contributed by atoms with Gasteiger partial charge in [-0.25, -0.2) is 4.79 Å². The lowest BCUT2D eigenvalue weighted by Crippen LogP contribution is -2.49. The summed E-state index contributed by atoms with van der Waals surface area (Å²) in [5.74, 6) is 1.21. The number of carbonyl (C=O) groups is 2. The number of rotatable bonds is 6. The molecular weight excluding hydrogens is 372 g/mol. The van der Waals surface area contributed by atoms with E-state index in [0.29, 0.717) is 50.6 Å². The fourth-order valence-corrected chi connectivity index (χ4v) is 4.89. The second kappa shape index (κ2) is 8.73. The molecule has 3 saturated heterocycles. The van der Waals surface area contributed by atoms with Crippen molar-refractivity contribution in [2.75, 3.05) is 44.2 Å². The zero-order chi connectivity index (χ0) is 20.4. The van der Waals surface area contributed by atoms with Gasteiger partial charge >= 0.3 is 6.09 Å². The molecule has 1 amide bonds. The van der Waals surface area contributed by atoms with Crippen molar-refractivity contribution in [3.63, 3.8) is 0 Å². The van der Waals surface area contributed by atoms with Crippen LogP contribution in [0.15, 0.2) is 10.6 Å². The first kappa shape index (κ1) is 20.2. The maximum Gasteiger partial charge on any atom is 0.409 e. The molecular formula is C21H32N4O4. The Morgan fingerprint density at radius 3 is 2.76 bits per heavy atom. The Kier molecular flexibility index (Phi) is 6.08. The molecule has 0 spiro atoms. The summed E-state index contributed by atoms with van der Waals surface area (Å²) in [6, 6.07) is 2.96. The monoisotopic (exact) mass is 404 g/mol. The maximum atomic E-state index is 12.5. The van der Waals surface area contributed by atoms with Crippen LogP contribution in [0.1, 0.15) is 51.2 Å². The molecule has 3 aliphatic rings. The summed E-state index contributed by atoms with van der Waals surface area (Å²) in [6.45, 7) is 8.16. The van der Waals surface area contributed by atoms with Crippen molar-refractivity contribution in [3.05, 3.63) is 11.8 Å². The minimum Gasteiger partial charge on any atom is -0.448 e. The van der Waals surface area contributed by atoms with Crippen LogP contribution in [0, 0.1) is 5.92 Å². The summed E-state index contributed by atoms with van der Waals surface area (Å²) in [5.41, 5.74) is 0. The molecule has 160 valence electrons. The predicted molar refractivity (Wildman–Crippen MR) is 108 cm³/mol. The Labute approximate surface area is 172 Å². The predicted octanol–water partition coefficient (Wildman–Crippen LogP) is 2.50. The minimum atomic E-state index is -0.279. The molecule has 4 heterocycles. The van der Waals surface area contributed by atoms with E-state index < -0.39 is 0 Å². The number of aldehydes is 1. The van der Waals surface area contributed by atoms with Crippen LogP contribution in [0.4, 0.5) is 10.6 Å². The Balaban J connectivity index is 1.24. The molecule has 0 bridgehead atoms. The van der Waals surface area contributed by atoms with Gasteiger partial charge in [-0.15, -0.1) is 0 Å². The van der Waals surface area contributed by atoms with Crippen LogP contribution in [-0.4, -0.2) is 78.8 Å². The second-order valence-electron chi connectivity index (χ2n) is 8.81. The molecule has 4 rings (SSSR count). The number of nitrogens with zero attached hydrogens (tertiary/aromatic N) is 4. The van der Waals surface area contributed by atoms with Crippen LogP contribution in [-0.2, 0) is 9.53 Å². The molecule has 0 radical (unpaired) electrons. The number of fused-ring (bicyclic) bond motifs is 1. The molecule has 3 fully saturated rings. The van der Waals surface area contributed by atoms with Crippen LogP contribution in [0.2, 0.25) is 0 Å². The minimum absolute atomic E-state index is 0.163. The van der Waals surface area contributed by atoms with Crippen LogP contribution < -0.4 is 4.90 Å². The maximum absolute atomic E-state index is 12.5. The van der Waals surface area contributed by atoms with Gasteiger partial charge in [0.25, 0.3) is 0 Å². The van der Waals surface area contributed by atoms with Crippen molar-refractivity contribution < 1.29 is 18.8 Å². The van der Waals surface area contributed by atoms with Gasteiger partial charge in [0, 0.05) is 44.3 Å². The van der Waals surface area contributed by atoms with Crippen molar-refractivity contribution in [3.8, 4) is 0 Å². The Morgan fingerprint density at radius 2 is 2.03 bits per heavy atom. The summed E-state index contributed by atoms with van der Waals surface area (Å²) in [6.07, 6.45) is 5.64. The topological polar surface area (TPSA) is 79.1 Å². The van der Waals surface area contributed by atoms with Crippen molar-refractivity contribution >= 4 is 18.2 Å². The smallest absolute Gasteiger partial charge is 0.409 e. The highest BCUT2D eigenvalue weighted by atomic mass is 16.6. The quantitative estimate of drug-likeness (QED) is 0.674. The van der Waals surface area contributed by atoms with E-state index >= 15 is 0 Å². The molecule has 0 aliphatic carbocycles. The largest absolute Gasteiger partial charge is 0.448 e. The fourth-order valence-electron chi connectivity index (χ4n) is 4.89. The number of carbonyl (C=O) groups excluding carboxylic acids is 2. The molecule has 8 nitrogen and oxygen atoms in total. The summed E-state index contributed by atoms with van der Waals surface area (Å²) in [7, 11) is 0. The summed E-state index contributed by atoms with van der Waals surface area (Å²) in [5, 5.41) is 4.13. The standard InChI is InChI=1S/C21H32N4O4/c1-15(2)18(13-26)19-12-20(22-29-19)23-8-10-24(11-9-23)21(27)28-14-17-6-5-16-4-3-7-25(16)17/h12-13,15-18H,3-11,14H2,1-2H3. The molecule has 1 aromatic rings. The Morgan fingerprint density at radius 1 is 1.24 bits per heavy atom. The van der Waals surface area contributed by atoms with E-state index in [1.807, 2.05) is 19.9 Å². The van der Waals surface area contributed by atoms with Gasteiger partial charge in [0.05, 0.1) is 5.92 Å². The van der Waals surface area contributed by atoms with Gasteiger partial charge in [0.1, 0.15) is 18.7 Å². The zero-order valence-electron chi connectivity index (χ0n) is 17.5. The van der Waals surface area contributed by atoms with E-state index in [9.17, 15) is 9.59 Å². The lowest BCUT2D eigenvalue weighted by molar-refractivity contribution is -0.110. The molecule has 1 aromatic heterocycles. The number of hydrogen-bond donors (Lipinski definition) is 0. The summed E-state index contributed by atoms with van der Waals surface area (Å²) in [4.78, 5) is 30.2.